The van der Waals surface area contributed by atoms with E-state index in [0.29, 0.717) is 17.3 Å². The van der Waals surface area contributed by atoms with Crippen molar-refractivity contribution in [1.29, 1.82) is 0 Å². The minimum Gasteiger partial charge on any atom is -0.456 e. The fourth-order valence-electron chi connectivity index (χ4n) is 1.97. The van der Waals surface area contributed by atoms with Gasteiger partial charge in [0.2, 0.25) is 0 Å². The summed E-state index contributed by atoms with van der Waals surface area (Å²) in [6.07, 6.45) is 1.73. The molecule has 2 aromatic rings. The lowest BCUT2D eigenvalue weighted by molar-refractivity contribution is 0.476. The molecule has 0 spiro atoms. The van der Waals surface area contributed by atoms with Crippen LogP contribution < -0.4 is 10.5 Å². The Hall–Kier alpha value is -1.51. The predicted octanol–water partition coefficient (Wildman–Crippen LogP) is 4.20. The van der Waals surface area contributed by atoms with Crippen LogP contribution in [-0.4, -0.2) is 6.54 Å². The maximum atomic E-state index is 6.22. The van der Waals surface area contributed by atoms with Crippen molar-refractivity contribution < 1.29 is 4.74 Å². The maximum Gasteiger partial charge on any atom is 0.149 e. The Morgan fingerprint density at radius 3 is 2.68 bits per heavy atom. The van der Waals surface area contributed by atoms with Crippen molar-refractivity contribution in [3.05, 3.63) is 58.6 Å². The summed E-state index contributed by atoms with van der Waals surface area (Å²) >= 11 is 6.22. The fraction of sp³-hybridized carbons (Fsp3) is 0.250. The molecule has 2 N–H and O–H groups in total. The Kier molecular flexibility index (Phi) is 4.83. The lowest BCUT2D eigenvalue weighted by atomic mass is 10.1. The Labute approximate surface area is 119 Å². The maximum absolute atomic E-state index is 6.22. The lowest BCUT2D eigenvalue weighted by Crippen LogP contribution is -2.04. The van der Waals surface area contributed by atoms with Crippen molar-refractivity contribution in [3.63, 3.8) is 0 Å². The van der Waals surface area contributed by atoms with Crippen LogP contribution in [0, 0.1) is 0 Å². The number of para-hydroxylation sites is 1. The third-order valence-electron chi connectivity index (χ3n) is 2.99. The van der Waals surface area contributed by atoms with Gasteiger partial charge in [0.15, 0.2) is 0 Å². The van der Waals surface area contributed by atoms with E-state index < -0.39 is 0 Å². The third kappa shape index (κ3) is 3.49. The summed E-state index contributed by atoms with van der Waals surface area (Å²) in [6, 6.07) is 13.8. The molecule has 0 heterocycles. The van der Waals surface area contributed by atoms with Crippen molar-refractivity contribution in [1.82, 2.24) is 0 Å². The van der Waals surface area contributed by atoms with E-state index in [4.69, 9.17) is 22.1 Å². The van der Waals surface area contributed by atoms with Gasteiger partial charge >= 0.3 is 0 Å². The van der Waals surface area contributed by atoms with Crippen LogP contribution >= 0.6 is 11.6 Å². The van der Waals surface area contributed by atoms with Gasteiger partial charge in [0.25, 0.3) is 0 Å². The van der Waals surface area contributed by atoms with Gasteiger partial charge in [-0.1, -0.05) is 42.8 Å². The lowest BCUT2D eigenvalue weighted by Gasteiger charge is -2.13. The van der Waals surface area contributed by atoms with Crippen molar-refractivity contribution in [2.24, 2.45) is 5.73 Å². The average Bonchev–Trinajstić information content (AvgIpc) is 2.43. The molecule has 0 radical (unpaired) electrons. The number of benzene rings is 2. The summed E-state index contributed by atoms with van der Waals surface area (Å²) in [6.45, 7) is 2.69. The van der Waals surface area contributed by atoms with E-state index in [1.165, 1.54) is 5.56 Å². The highest BCUT2D eigenvalue weighted by molar-refractivity contribution is 6.32. The number of hydrogen-bond donors (Lipinski definition) is 1. The molecule has 0 saturated carbocycles. The number of aryl methyl sites for hydroxylation is 1. The number of rotatable bonds is 5. The van der Waals surface area contributed by atoms with Gasteiger partial charge < -0.3 is 10.5 Å². The quantitative estimate of drug-likeness (QED) is 0.888. The van der Waals surface area contributed by atoms with Crippen LogP contribution in [0.15, 0.2) is 42.5 Å². The van der Waals surface area contributed by atoms with E-state index in [9.17, 15) is 0 Å². The molecule has 0 aliphatic heterocycles. The number of hydrogen-bond acceptors (Lipinski definition) is 2. The van der Waals surface area contributed by atoms with Gasteiger partial charge in [-0.05, 0) is 48.7 Å². The predicted molar refractivity (Wildman–Crippen MR) is 80.1 cm³/mol. The van der Waals surface area contributed by atoms with Gasteiger partial charge in [-0.15, -0.1) is 0 Å². The van der Waals surface area contributed by atoms with Crippen LogP contribution in [0.2, 0.25) is 5.02 Å². The van der Waals surface area contributed by atoms with E-state index in [0.717, 1.165) is 24.2 Å². The van der Waals surface area contributed by atoms with Crippen molar-refractivity contribution in [2.75, 3.05) is 6.54 Å². The second kappa shape index (κ2) is 6.60. The molecule has 0 atom stereocenters. The molecule has 2 aromatic carbocycles. The average molecular weight is 276 g/mol. The molecule has 3 heteroatoms. The molecule has 2 rings (SSSR count). The largest absolute Gasteiger partial charge is 0.456 e. The van der Waals surface area contributed by atoms with Gasteiger partial charge in [0, 0.05) is 0 Å². The first-order chi connectivity index (χ1) is 9.24. The van der Waals surface area contributed by atoms with E-state index in [2.05, 4.69) is 13.0 Å². The molecule has 0 saturated heterocycles. The monoisotopic (exact) mass is 275 g/mol. The number of nitrogens with two attached hydrogens (primary N) is 1. The second-order valence-corrected chi connectivity index (χ2v) is 4.78. The SMILES string of the molecule is CCc1cccc(Oc2c(Cl)cccc2CCN)c1. The molecular weight excluding hydrogens is 258 g/mol. The Morgan fingerprint density at radius 1 is 1.16 bits per heavy atom. The van der Waals surface area contributed by atoms with Crippen molar-refractivity contribution in [3.8, 4) is 11.5 Å². The Balaban J connectivity index is 2.31. The highest BCUT2D eigenvalue weighted by Crippen LogP contribution is 2.33. The zero-order valence-electron chi connectivity index (χ0n) is 11.0. The van der Waals surface area contributed by atoms with E-state index in [1.807, 2.05) is 36.4 Å². The zero-order valence-corrected chi connectivity index (χ0v) is 11.8. The molecule has 0 aromatic heterocycles. The second-order valence-electron chi connectivity index (χ2n) is 4.37. The van der Waals surface area contributed by atoms with Crippen LogP contribution in [0.3, 0.4) is 0 Å². The van der Waals surface area contributed by atoms with E-state index in [-0.39, 0.29) is 0 Å². The molecule has 0 aliphatic rings. The van der Waals surface area contributed by atoms with Gasteiger partial charge in [0.1, 0.15) is 11.5 Å². The highest BCUT2D eigenvalue weighted by atomic mass is 35.5. The first-order valence-electron chi connectivity index (χ1n) is 6.49. The first-order valence-corrected chi connectivity index (χ1v) is 6.86. The van der Waals surface area contributed by atoms with E-state index >= 15 is 0 Å². The minimum atomic E-state index is 0.575. The zero-order chi connectivity index (χ0) is 13.7. The number of ether oxygens (including phenoxy) is 1. The summed E-state index contributed by atoms with van der Waals surface area (Å²) in [4.78, 5) is 0. The topological polar surface area (TPSA) is 35.2 Å². The normalized spacial score (nSPS) is 10.5. The molecule has 19 heavy (non-hydrogen) atoms. The molecule has 2 nitrogen and oxygen atoms in total. The molecular formula is C16H18ClNO. The van der Waals surface area contributed by atoms with E-state index in [1.54, 1.807) is 0 Å². The molecule has 0 unspecified atom stereocenters. The summed E-state index contributed by atoms with van der Waals surface area (Å²) in [5.74, 6) is 1.52. The van der Waals surface area contributed by atoms with Crippen LogP contribution in [0.5, 0.6) is 11.5 Å². The van der Waals surface area contributed by atoms with Gasteiger partial charge in [-0.2, -0.15) is 0 Å². The van der Waals surface area contributed by atoms with Crippen LogP contribution in [0.4, 0.5) is 0 Å². The van der Waals surface area contributed by atoms with Gasteiger partial charge in [0.05, 0.1) is 5.02 Å². The van der Waals surface area contributed by atoms with Crippen molar-refractivity contribution in [2.45, 2.75) is 19.8 Å². The first kappa shape index (κ1) is 13.9. The van der Waals surface area contributed by atoms with Crippen molar-refractivity contribution >= 4 is 11.6 Å². The smallest absolute Gasteiger partial charge is 0.149 e. The standard InChI is InChI=1S/C16H18ClNO/c1-2-12-5-3-7-14(11-12)19-16-13(9-10-18)6-4-8-15(16)17/h3-8,11H,2,9-10,18H2,1H3. The Bertz CT molecular complexity index is 554. The molecule has 0 aliphatic carbocycles. The van der Waals surface area contributed by atoms with Gasteiger partial charge in [-0.25, -0.2) is 0 Å². The molecule has 100 valence electrons. The summed E-state index contributed by atoms with van der Waals surface area (Å²) in [5, 5.41) is 0.618. The van der Waals surface area contributed by atoms with Crippen LogP contribution in [0.25, 0.3) is 0 Å². The molecule has 0 amide bonds. The number of halogens is 1. The molecule has 0 fully saturated rings. The fourth-order valence-corrected chi connectivity index (χ4v) is 2.20. The van der Waals surface area contributed by atoms with Gasteiger partial charge in [-0.3, -0.25) is 0 Å². The summed E-state index contributed by atoms with van der Waals surface area (Å²) in [7, 11) is 0. The third-order valence-corrected chi connectivity index (χ3v) is 3.29. The summed E-state index contributed by atoms with van der Waals surface area (Å²) in [5.41, 5.74) is 7.90. The Morgan fingerprint density at radius 2 is 1.95 bits per heavy atom. The summed E-state index contributed by atoms with van der Waals surface area (Å²) < 4.78 is 5.95. The van der Waals surface area contributed by atoms with Crippen LogP contribution in [0.1, 0.15) is 18.1 Å². The minimum absolute atomic E-state index is 0.575. The molecule has 0 bridgehead atoms. The highest BCUT2D eigenvalue weighted by Gasteiger charge is 2.09. The van der Waals surface area contributed by atoms with Crippen LogP contribution in [-0.2, 0) is 12.8 Å².